The summed E-state index contributed by atoms with van der Waals surface area (Å²) in [7, 11) is -0.420. The molecule has 0 aliphatic heterocycles. The van der Waals surface area contributed by atoms with Gasteiger partial charge in [-0.05, 0) is 224 Å². The second-order valence-corrected chi connectivity index (χ2v) is 29.1. The quantitative estimate of drug-likeness (QED) is 0.0540. The van der Waals surface area contributed by atoms with Gasteiger partial charge < -0.3 is 19.7 Å². The van der Waals surface area contributed by atoms with Crippen molar-refractivity contribution in [3.05, 3.63) is 491 Å². The van der Waals surface area contributed by atoms with E-state index in [-0.39, 0.29) is 0 Å². The number of halogens is 3. The number of hydrogen-bond donors (Lipinski definition) is 3. The maximum Gasteiger partial charge on any atom is 0.569 e. The number of benzene rings is 23. The van der Waals surface area contributed by atoms with Crippen LogP contribution in [0.15, 0.2) is 485 Å². The van der Waals surface area contributed by atoms with Crippen molar-refractivity contribution >= 4 is 209 Å². The molecule has 9 heteroatoms. The molecule has 0 bridgehead atoms. The predicted molar refractivity (Wildman–Crippen MR) is 592 cm³/mol. The summed E-state index contributed by atoms with van der Waals surface area (Å²) < 4.78 is 5.45. The number of aryl methyl sites for hydroxylation is 1. The summed E-state index contributed by atoms with van der Waals surface area (Å²) in [6, 6.07) is 169. The Morgan fingerprint density at radius 2 is 0.385 bits per heavy atom. The van der Waals surface area contributed by atoms with Crippen LogP contribution in [0.2, 0.25) is 6.82 Å². The van der Waals surface area contributed by atoms with Crippen LogP contribution in [0.4, 0.5) is 0 Å². The molecule has 130 heavy (non-hydrogen) atoms. The van der Waals surface area contributed by atoms with E-state index in [1.165, 1.54) is 153 Å². The van der Waals surface area contributed by atoms with Gasteiger partial charge in [0, 0.05) is 10.8 Å². The van der Waals surface area contributed by atoms with Gasteiger partial charge in [0.05, 0.1) is 0 Å². The third-order valence-electron chi connectivity index (χ3n) is 21.2. The van der Waals surface area contributed by atoms with Crippen LogP contribution < -0.4 is 4.65 Å². The SMILES string of the molecule is CB(O)O.CBr.CBr.CC.CC.CI.Cc1c2ccccc2c(-c2ccccc2)c2ccccc12.O[B]Oc1c2ccccc2c(-c2ccccc2)c2ccccc12.c1ccc2cc3c(ccc4ccccc43)cc2c1.c1ccc2cc3c(ccc4ccccc43)cc2c1.c1ccc2cc3c(ccc4ccccc43)cc2c1.c1ccccc1.c1ccccc1.c1ccccc1. The summed E-state index contributed by atoms with van der Waals surface area (Å²) in [6.07, 6.45) is 0. The first-order valence-corrected chi connectivity index (χ1v) is 49.0. The Balaban J connectivity index is 0.000000156. The minimum absolute atomic E-state index is 0.679. The zero-order chi connectivity index (χ0) is 92.0. The molecule has 1 radical (unpaired) electrons. The average Bonchev–Trinajstić information content (AvgIpc) is 0.752. The molecule has 3 N–H and O–H groups in total. The van der Waals surface area contributed by atoms with Gasteiger partial charge in [-0.1, -0.05) is 531 Å². The van der Waals surface area contributed by atoms with Gasteiger partial charge in [0.25, 0.3) is 0 Å². The zero-order valence-electron chi connectivity index (χ0n) is 75.2. The highest BCUT2D eigenvalue weighted by Crippen LogP contribution is 2.44. The molecule has 0 heterocycles. The fraction of sp³-hybridized carbons (Fsp3) is 0.0744. The van der Waals surface area contributed by atoms with Crippen LogP contribution in [0.3, 0.4) is 0 Å². The van der Waals surface area contributed by atoms with E-state index in [0.717, 1.165) is 29.2 Å². The molecule has 23 aromatic carbocycles. The van der Waals surface area contributed by atoms with Gasteiger partial charge in [-0.15, -0.1) is 0 Å². The normalized spacial score (nSPS) is 9.96. The Hall–Kier alpha value is -13.1. The van der Waals surface area contributed by atoms with Gasteiger partial charge in [0.1, 0.15) is 5.75 Å². The molecule has 0 aliphatic carbocycles. The van der Waals surface area contributed by atoms with E-state index < -0.39 is 7.12 Å². The maximum atomic E-state index is 9.18. The Labute approximate surface area is 799 Å². The summed E-state index contributed by atoms with van der Waals surface area (Å²) in [5.41, 5.74) is 6.33. The first kappa shape index (κ1) is 99.1. The van der Waals surface area contributed by atoms with Crippen molar-refractivity contribution in [2.24, 2.45) is 0 Å². The lowest BCUT2D eigenvalue weighted by atomic mass is 9.89. The van der Waals surface area contributed by atoms with E-state index in [4.69, 9.17) is 14.7 Å². The molecular weight excluding hydrogens is 1830 g/mol. The Morgan fingerprint density at radius 3 is 0.623 bits per heavy atom. The fourth-order valence-electron chi connectivity index (χ4n) is 15.7. The van der Waals surface area contributed by atoms with Crippen molar-refractivity contribution in [1.29, 1.82) is 0 Å². The highest BCUT2D eigenvalue weighted by molar-refractivity contribution is 14.1. The van der Waals surface area contributed by atoms with Gasteiger partial charge >= 0.3 is 14.8 Å². The lowest BCUT2D eigenvalue weighted by Gasteiger charge is -2.16. The summed E-state index contributed by atoms with van der Waals surface area (Å²) in [4.78, 5) is 1.97. The van der Waals surface area contributed by atoms with Crippen LogP contribution in [0.5, 0.6) is 5.75 Å². The lowest BCUT2D eigenvalue weighted by Crippen LogP contribution is -2.01. The topological polar surface area (TPSA) is 69.9 Å². The molecule has 0 unspecified atom stereocenters. The monoisotopic (exact) mass is 1930 g/mol. The molecule has 0 fully saturated rings. The summed E-state index contributed by atoms with van der Waals surface area (Å²) in [5, 5.41) is 57.6. The van der Waals surface area contributed by atoms with Gasteiger partial charge in [0.2, 0.25) is 0 Å². The molecule has 0 aliphatic rings. The molecule has 645 valence electrons. The van der Waals surface area contributed by atoms with Crippen LogP contribution in [0, 0.1) is 6.92 Å². The van der Waals surface area contributed by atoms with Crippen LogP contribution >= 0.6 is 54.5 Å². The molecule has 0 atom stereocenters. The van der Waals surface area contributed by atoms with E-state index in [9.17, 15) is 5.02 Å². The smallest absolute Gasteiger partial charge is 0.537 e. The molecule has 4 nitrogen and oxygen atoms in total. The standard InChI is InChI=1S/C21H16.C20H14BO2.3C18H12.3C6H6.2C2H6.CH5BO2.2CH3Br.CH3I/c1-15-17-11-5-7-13-19(17)21(16-9-3-2-4-10-16)20-14-8-6-12-18(15)20;22-21-23-20-17-12-6-4-10-15(17)19(14-8-2-1-3-9-14)16-11-5-7-13-18(16)20;3*1-2-7-15-12-18-16(11-14(15)6-1)10-9-13-5-3-4-8-17(13)18;3*1-2-4-6-5-3-1;2*1-2;1-2(3)4;3*1-2/h2-14H,1H3;1-13,22H;3*1-12H;3*1-6H;2*1-2H3;3-4H,1H3;3*1H3. The van der Waals surface area contributed by atoms with Crippen molar-refractivity contribution in [1.82, 2.24) is 0 Å². The number of alkyl halides is 3. The van der Waals surface area contributed by atoms with Crippen molar-refractivity contribution in [3.8, 4) is 28.0 Å². The largest absolute Gasteiger partial charge is 0.569 e. The second-order valence-electron chi connectivity index (χ2n) is 29.1. The molecule has 23 aromatic rings. The van der Waals surface area contributed by atoms with Gasteiger partial charge in [-0.25, -0.2) is 0 Å². The first-order chi connectivity index (χ1) is 64.2. The summed E-state index contributed by atoms with van der Waals surface area (Å²) in [5.74, 6) is 4.30. The van der Waals surface area contributed by atoms with E-state index in [1.807, 2.05) is 208 Å². The van der Waals surface area contributed by atoms with E-state index in [2.05, 4.69) is 383 Å². The van der Waals surface area contributed by atoms with Gasteiger partial charge in [-0.2, -0.15) is 0 Å². The van der Waals surface area contributed by atoms with Crippen LogP contribution in [0.1, 0.15) is 33.3 Å². The molecule has 23 rings (SSSR count). The van der Waals surface area contributed by atoms with E-state index in [1.54, 1.807) is 0 Å². The van der Waals surface area contributed by atoms with Gasteiger partial charge in [-0.3, -0.25) is 0 Å². The highest BCUT2D eigenvalue weighted by Gasteiger charge is 2.17. The minimum Gasteiger partial charge on any atom is -0.537 e. The highest BCUT2D eigenvalue weighted by atomic mass is 127. The van der Waals surface area contributed by atoms with Crippen LogP contribution in [-0.2, 0) is 0 Å². The minimum atomic E-state index is -1.17. The predicted octanol–water partition coefficient (Wildman–Crippen LogP) is 35.2. The van der Waals surface area contributed by atoms with Crippen LogP contribution in [-0.4, -0.2) is 46.5 Å². The summed E-state index contributed by atoms with van der Waals surface area (Å²) >= 11 is 8.02. The Kier molecular flexibility index (Phi) is 41.4. The van der Waals surface area contributed by atoms with E-state index in [0.29, 0.717) is 5.75 Å². The van der Waals surface area contributed by atoms with Crippen molar-refractivity contribution in [3.63, 3.8) is 0 Å². The molecule has 0 aromatic heterocycles. The molecular formula is C121H110B2Br2IO4. The Bertz CT molecular complexity index is 6670. The van der Waals surface area contributed by atoms with Gasteiger partial charge in [0.15, 0.2) is 0 Å². The molecule has 0 saturated heterocycles. The summed E-state index contributed by atoms with van der Waals surface area (Å²) in [6.45, 7) is 11.5. The molecule has 0 amide bonds. The second kappa shape index (κ2) is 54.3. The van der Waals surface area contributed by atoms with Crippen molar-refractivity contribution in [2.75, 3.05) is 16.6 Å². The Morgan fingerprint density at radius 1 is 0.215 bits per heavy atom. The average molecular weight is 1940 g/mol. The number of fused-ring (bicyclic) bond motifs is 16. The number of hydrogen-bond acceptors (Lipinski definition) is 4. The third kappa shape index (κ3) is 26.6. The van der Waals surface area contributed by atoms with Crippen LogP contribution in [0.25, 0.3) is 162 Å². The van der Waals surface area contributed by atoms with Crippen molar-refractivity contribution in [2.45, 2.75) is 41.4 Å². The molecule has 0 saturated carbocycles. The fourth-order valence-corrected chi connectivity index (χ4v) is 15.7. The van der Waals surface area contributed by atoms with E-state index >= 15 is 0 Å². The zero-order valence-corrected chi connectivity index (χ0v) is 80.6. The maximum absolute atomic E-state index is 9.18. The van der Waals surface area contributed by atoms with Crippen molar-refractivity contribution < 1.29 is 19.7 Å². The first-order valence-electron chi connectivity index (χ1n) is 43.7. The lowest BCUT2D eigenvalue weighted by molar-refractivity contribution is 0.417. The number of rotatable bonds is 4. The molecule has 0 spiro atoms. The third-order valence-corrected chi connectivity index (χ3v) is 21.2.